The lowest BCUT2D eigenvalue weighted by Gasteiger charge is -2.17. The van der Waals surface area contributed by atoms with Crippen LogP contribution in [0.3, 0.4) is 0 Å². The van der Waals surface area contributed by atoms with E-state index in [2.05, 4.69) is 25.7 Å². The first kappa shape index (κ1) is 17.3. The molecule has 0 unspecified atom stereocenters. The summed E-state index contributed by atoms with van der Waals surface area (Å²) >= 11 is 13.0. The Kier molecular flexibility index (Phi) is 5.76. The lowest BCUT2D eigenvalue weighted by atomic mass is 10.3. The number of nitrogens with one attached hydrogen (secondary N) is 2. The molecule has 3 rings (SSSR count). The zero-order valence-corrected chi connectivity index (χ0v) is 15.2. The number of carbonyl (C=O) groups excluding carboxylic acids is 1. The number of nitrogens with zero attached hydrogens (tertiary/aromatic N) is 3. The van der Waals surface area contributed by atoms with E-state index in [0.29, 0.717) is 33.1 Å². The Morgan fingerprint density at radius 3 is 2.75 bits per heavy atom. The third kappa shape index (κ3) is 4.28. The third-order valence-corrected chi connectivity index (χ3v) is 5.22. The van der Waals surface area contributed by atoms with Crippen LogP contribution in [0.4, 0.5) is 11.5 Å². The predicted octanol–water partition coefficient (Wildman–Crippen LogP) is 3.29. The second kappa shape index (κ2) is 8.00. The molecule has 24 heavy (non-hydrogen) atoms. The minimum absolute atomic E-state index is 0.234. The molecule has 0 radical (unpaired) electrons. The normalized spacial score (nSPS) is 14.0. The maximum atomic E-state index is 12.0. The van der Waals surface area contributed by atoms with E-state index in [1.807, 2.05) is 6.07 Å². The first-order chi connectivity index (χ1) is 11.6. The van der Waals surface area contributed by atoms with Crippen LogP contribution in [0.5, 0.6) is 0 Å². The van der Waals surface area contributed by atoms with Gasteiger partial charge in [-0.15, -0.1) is 16.4 Å². The van der Waals surface area contributed by atoms with Crippen molar-refractivity contribution in [2.75, 3.05) is 36.4 Å². The summed E-state index contributed by atoms with van der Waals surface area (Å²) in [5, 5.41) is 14.1. The Morgan fingerprint density at radius 2 is 2.04 bits per heavy atom. The molecule has 6 nitrogen and oxygen atoms in total. The summed E-state index contributed by atoms with van der Waals surface area (Å²) < 4.78 is 0.895. The van der Waals surface area contributed by atoms with Crippen LogP contribution >= 0.6 is 34.5 Å². The van der Waals surface area contributed by atoms with Crippen molar-refractivity contribution in [3.63, 3.8) is 0 Å². The Balaban J connectivity index is 1.47. The van der Waals surface area contributed by atoms with Crippen molar-refractivity contribution < 1.29 is 4.79 Å². The standard InChI is InChI=1S/C15H17Cl2N5OS/c16-12-8-11(14(17)24-12)15(23)19-4-3-18-13-7-10(9-20-21-13)22-5-1-2-6-22/h7-9H,1-6H2,(H,18,21)(H,19,23). The minimum Gasteiger partial charge on any atom is -0.370 e. The zero-order valence-electron chi connectivity index (χ0n) is 12.9. The number of carbonyl (C=O) groups is 1. The molecule has 0 atom stereocenters. The lowest BCUT2D eigenvalue weighted by molar-refractivity contribution is 0.0956. The summed E-state index contributed by atoms with van der Waals surface area (Å²) in [4.78, 5) is 14.3. The Bertz CT molecular complexity index is 718. The largest absolute Gasteiger partial charge is 0.370 e. The van der Waals surface area contributed by atoms with Gasteiger partial charge in [0, 0.05) is 32.2 Å². The highest BCUT2D eigenvalue weighted by Gasteiger charge is 2.14. The van der Waals surface area contributed by atoms with Crippen LogP contribution in [-0.2, 0) is 0 Å². The van der Waals surface area contributed by atoms with Gasteiger partial charge in [0.15, 0.2) is 5.82 Å². The molecule has 1 amide bonds. The van der Waals surface area contributed by atoms with E-state index in [1.54, 1.807) is 12.3 Å². The van der Waals surface area contributed by atoms with E-state index in [4.69, 9.17) is 23.2 Å². The first-order valence-electron chi connectivity index (χ1n) is 7.68. The van der Waals surface area contributed by atoms with E-state index in [9.17, 15) is 4.79 Å². The lowest BCUT2D eigenvalue weighted by Crippen LogP contribution is -2.28. The van der Waals surface area contributed by atoms with Gasteiger partial charge in [0.25, 0.3) is 5.91 Å². The SMILES string of the molecule is O=C(NCCNc1cc(N2CCCC2)cnn1)c1cc(Cl)sc1Cl. The zero-order chi connectivity index (χ0) is 16.9. The number of hydrogen-bond donors (Lipinski definition) is 2. The molecule has 9 heteroatoms. The van der Waals surface area contributed by atoms with Gasteiger partial charge in [0.2, 0.25) is 0 Å². The predicted molar refractivity (Wildman–Crippen MR) is 98.6 cm³/mol. The molecule has 2 aromatic heterocycles. The molecule has 0 bridgehead atoms. The molecule has 0 saturated carbocycles. The van der Waals surface area contributed by atoms with Crippen LogP contribution in [0, 0.1) is 0 Å². The van der Waals surface area contributed by atoms with Crippen molar-refractivity contribution in [3.8, 4) is 0 Å². The molecule has 0 spiro atoms. The van der Waals surface area contributed by atoms with Gasteiger partial charge in [0.1, 0.15) is 4.34 Å². The van der Waals surface area contributed by atoms with Gasteiger partial charge in [0.05, 0.1) is 21.8 Å². The summed E-state index contributed by atoms with van der Waals surface area (Å²) in [6.07, 6.45) is 4.21. The summed E-state index contributed by atoms with van der Waals surface area (Å²) in [5.74, 6) is 0.465. The van der Waals surface area contributed by atoms with Gasteiger partial charge >= 0.3 is 0 Å². The average molecular weight is 386 g/mol. The number of rotatable bonds is 6. The Labute approximate surface area is 154 Å². The van der Waals surface area contributed by atoms with Crippen molar-refractivity contribution in [3.05, 3.63) is 32.6 Å². The quantitative estimate of drug-likeness (QED) is 0.746. The van der Waals surface area contributed by atoms with Crippen LogP contribution in [0.25, 0.3) is 0 Å². The molecule has 0 aliphatic carbocycles. The number of anilines is 2. The first-order valence-corrected chi connectivity index (χ1v) is 9.25. The van der Waals surface area contributed by atoms with Gasteiger partial charge < -0.3 is 15.5 Å². The fourth-order valence-electron chi connectivity index (χ4n) is 2.55. The molecule has 0 aromatic carbocycles. The summed E-state index contributed by atoms with van der Waals surface area (Å²) in [5.41, 5.74) is 1.48. The second-order valence-electron chi connectivity index (χ2n) is 5.41. The molecule has 3 heterocycles. The van der Waals surface area contributed by atoms with Gasteiger partial charge in [-0.2, -0.15) is 5.10 Å². The second-order valence-corrected chi connectivity index (χ2v) is 7.70. The van der Waals surface area contributed by atoms with Crippen LogP contribution < -0.4 is 15.5 Å². The van der Waals surface area contributed by atoms with Crippen molar-refractivity contribution in [1.82, 2.24) is 15.5 Å². The molecule has 128 valence electrons. The van der Waals surface area contributed by atoms with Crippen molar-refractivity contribution in [2.45, 2.75) is 12.8 Å². The maximum absolute atomic E-state index is 12.0. The van der Waals surface area contributed by atoms with E-state index in [-0.39, 0.29) is 5.91 Å². The topological polar surface area (TPSA) is 70.2 Å². The fraction of sp³-hybridized carbons (Fsp3) is 0.400. The molecule has 2 N–H and O–H groups in total. The van der Waals surface area contributed by atoms with Crippen LogP contribution in [0.15, 0.2) is 18.3 Å². The van der Waals surface area contributed by atoms with Crippen molar-refractivity contribution >= 4 is 52.0 Å². The Morgan fingerprint density at radius 1 is 1.25 bits per heavy atom. The summed E-state index contributed by atoms with van der Waals surface area (Å²) in [6, 6.07) is 3.55. The highest BCUT2D eigenvalue weighted by molar-refractivity contribution is 7.20. The molecule has 1 saturated heterocycles. The maximum Gasteiger partial charge on any atom is 0.253 e. The number of hydrogen-bond acceptors (Lipinski definition) is 6. The fourth-order valence-corrected chi connectivity index (χ4v) is 4.01. The number of aromatic nitrogens is 2. The number of amides is 1. The van der Waals surface area contributed by atoms with Gasteiger partial charge in [-0.25, -0.2) is 0 Å². The van der Waals surface area contributed by atoms with Crippen LogP contribution in [-0.4, -0.2) is 42.3 Å². The molecular weight excluding hydrogens is 369 g/mol. The monoisotopic (exact) mass is 385 g/mol. The molecule has 2 aromatic rings. The van der Waals surface area contributed by atoms with Gasteiger partial charge in [-0.3, -0.25) is 4.79 Å². The average Bonchev–Trinajstić information content (AvgIpc) is 3.21. The Hall–Kier alpha value is -1.57. The van der Waals surface area contributed by atoms with E-state index >= 15 is 0 Å². The van der Waals surface area contributed by atoms with Gasteiger partial charge in [-0.05, 0) is 18.9 Å². The molecule has 1 aliphatic rings. The summed E-state index contributed by atoms with van der Waals surface area (Å²) in [7, 11) is 0. The highest BCUT2D eigenvalue weighted by atomic mass is 35.5. The van der Waals surface area contributed by atoms with Gasteiger partial charge in [-0.1, -0.05) is 23.2 Å². The third-order valence-electron chi connectivity index (χ3n) is 3.73. The number of halogens is 2. The van der Waals surface area contributed by atoms with Crippen molar-refractivity contribution in [1.29, 1.82) is 0 Å². The van der Waals surface area contributed by atoms with Crippen LogP contribution in [0.1, 0.15) is 23.2 Å². The summed E-state index contributed by atoms with van der Waals surface area (Å²) in [6.45, 7) is 3.11. The molecule has 1 fully saturated rings. The van der Waals surface area contributed by atoms with E-state index in [1.165, 1.54) is 24.2 Å². The molecule has 1 aliphatic heterocycles. The molecular formula is C15H17Cl2N5OS. The number of thiophene rings is 1. The van der Waals surface area contributed by atoms with Crippen molar-refractivity contribution in [2.24, 2.45) is 0 Å². The minimum atomic E-state index is -0.234. The van der Waals surface area contributed by atoms with E-state index < -0.39 is 0 Å². The van der Waals surface area contributed by atoms with E-state index in [0.717, 1.165) is 18.8 Å². The smallest absolute Gasteiger partial charge is 0.253 e. The van der Waals surface area contributed by atoms with Crippen LogP contribution in [0.2, 0.25) is 8.67 Å². The highest BCUT2D eigenvalue weighted by Crippen LogP contribution is 2.30.